The van der Waals surface area contributed by atoms with Gasteiger partial charge in [-0.2, -0.15) is 0 Å². The van der Waals surface area contributed by atoms with Crippen molar-refractivity contribution in [3.05, 3.63) is 30.0 Å². The lowest BCUT2D eigenvalue weighted by molar-refractivity contribution is -0.678. The fraction of sp³-hybridized carbons (Fsp3) is 0.500. The average Bonchev–Trinajstić information content (AvgIpc) is 3.35. The van der Waals surface area contributed by atoms with Crippen molar-refractivity contribution in [2.24, 2.45) is 5.92 Å². The standard InChI is InChI=1S/C18H21N3O4/c1-24-15-9-7-14(8-10-15)21-16(18(23)25-19-21)11-20(13-5-6-13)17(22)12-3-2-4-12/h7-10,12-13H,2-6,11H2,1H3. The fourth-order valence-electron chi connectivity index (χ4n) is 3.15. The second-order valence-electron chi connectivity index (χ2n) is 6.74. The summed E-state index contributed by atoms with van der Waals surface area (Å²) in [7, 11) is 1.60. The van der Waals surface area contributed by atoms with Gasteiger partial charge in [-0.05, 0) is 42.5 Å². The fourth-order valence-corrected chi connectivity index (χ4v) is 3.15. The molecule has 2 aliphatic carbocycles. The second kappa shape index (κ2) is 6.38. The summed E-state index contributed by atoms with van der Waals surface area (Å²) in [6.07, 6.45) is 5.02. The molecule has 0 atom stereocenters. The molecule has 0 radical (unpaired) electrons. The Morgan fingerprint density at radius 2 is 2.04 bits per heavy atom. The van der Waals surface area contributed by atoms with Crippen LogP contribution in [0.2, 0.25) is 0 Å². The zero-order valence-corrected chi connectivity index (χ0v) is 14.2. The molecule has 25 heavy (non-hydrogen) atoms. The molecule has 1 aromatic heterocycles. The minimum atomic E-state index is -0.497. The Balaban J connectivity index is 1.60. The van der Waals surface area contributed by atoms with Crippen LogP contribution in [-0.2, 0) is 11.3 Å². The molecule has 0 aliphatic heterocycles. The Labute approximate surface area is 145 Å². The molecule has 0 N–H and O–H groups in total. The van der Waals surface area contributed by atoms with Crippen molar-refractivity contribution >= 4 is 5.91 Å². The van der Waals surface area contributed by atoms with Crippen LogP contribution in [-0.4, -0.2) is 29.2 Å². The Bertz CT molecular complexity index is 763. The van der Waals surface area contributed by atoms with E-state index in [0.717, 1.165) is 37.9 Å². The number of aromatic nitrogens is 2. The van der Waals surface area contributed by atoms with Crippen molar-refractivity contribution in [3.63, 3.8) is 0 Å². The highest BCUT2D eigenvalue weighted by atomic mass is 16.6. The van der Waals surface area contributed by atoms with E-state index in [1.54, 1.807) is 31.4 Å². The summed E-state index contributed by atoms with van der Waals surface area (Å²) >= 11 is 0. The summed E-state index contributed by atoms with van der Waals surface area (Å²) in [5.74, 6) is 0.500. The van der Waals surface area contributed by atoms with E-state index in [4.69, 9.17) is 9.26 Å². The van der Waals surface area contributed by atoms with E-state index < -0.39 is 5.95 Å². The molecule has 1 heterocycles. The summed E-state index contributed by atoms with van der Waals surface area (Å²) in [6.45, 7) is 0.244. The minimum Gasteiger partial charge on any atom is -0.539 e. The van der Waals surface area contributed by atoms with Crippen LogP contribution in [0.4, 0.5) is 0 Å². The van der Waals surface area contributed by atoms with Gasteiger partial charge in [-0.1, -0.05) is 6.42 Å². The summed E-state index contributed by atoms with van der Waals surface area (Å²) in [5, 5.41) is 16.0. The predicted molar refractivity (Wildman–Crippen MR) is 84.9 cm³/mol. The van der Waals surface area contributed by atoms with Gasteiger partial charge in [0.2, 0.25) is 11.6 Å². The molecule has 0 bridgehead atoms. The van der Waals surface area contributed by atoms with Gasteiger partial charge in [-0.3, -0.25) is 4.79 Å². The zero-order valence-electron chi connectivity index (χ0n) is 14.2. The van der Waals surface area contributed by atoms with Gasteiger partial charge in [-0.15, -0.1) is 0 Å². The molecule has 2 aliphatic rings. The van der Waals surface area contributed by atoms with Crippen molar-refractivity contribution in [2.75, 3.05) is 7.11 Å². The molecule has 4 rings (SSSR count). The lowest BCUT2D eigenvalue weighted by Gasteiger charge is -2.31. The number of carbonyl (C=O) groups is 1. The first-order valence-electron chi connectivity index (χ1n) is 8.70. The van der Waals surface area contributed by atoms with E-state index in [1.807, 2.05) is 4.90 Å². The minimum absolute atomic E-state index is 0.116. The second-order valence-corrected chi connectivity index (χ2v) is 6.74. The molecule has 2 fully saturated rings. The summed E-state index contributed by atoms with van der Waals surface area (Å²) in [5.41, 5.74) is 1.08. The van der Waals surface area contributed by atoms with Crippen molar-refractivity contribution < 1.29 is 23.8 Å². The smallest absolute Gasteiger partial charge is 0.259 e. The molecule has 0 spiro atoms. The Morgan fingerprint density at radius 3 is 2.60 bits per heavy atom. The number of nitrogens with zero attached hydrogens (tertiary/aromatic N) is 3. The van der Waals surface area contributed by atoms with Gasteiger partial charge in [0.05, 0.1) is 12.4 Å². The van der Waals surface area contributed by atoms with Crippen molar-refractivity contribution in [1.82, 2.24) is 10.2 Å². The number of ether oxygens (including phenoxy) is 1. The van der Waals surface area contributed by atoms with Crippen molar-refractivity contribution in [2.45, 2.75) is 44.7 Å². The number of methoxy groups -OCH3 is 1. The molecular formula is C18H21N3O4. The van der Waals surface area contributed by atoms with Crippen molar-refractivity contribution in [3.8, 4) is 17.4 Å². The maximum absolute atomic E-state index is 12.7. The number of carbonyl (C=O) groups excluding carboxylic acids is 1. The van der Waals surface area contributed by atoms with Gasteiger partial charge in [0.1, 0.15) is 12.3 Å². The first-order chi connectivity index (χ1) is 12.2. The molecule has 1 aromatic carbocycles. The number of rotatable bonds is 6. The van der Waals surface area contributed by atoms with Crippen LogP contribution >= 0.6 is 0 Å². The molecule has 7 heteroatoms. The third-order valence-corrected chi connectivity index (χ3v) is 5.06. The van der Waals surface area contributed by atoms with E-state index >= 15 is 0 Å². The maximum atomic E-state index is 12.7. The van der Waals surface area contributed by atoms with Gasteiger partial charge >= 0.3 is 0 Å². The third-order valence-electron chi connectivity index (χ3n) is 5.06. The molecule has 132 valence electrons. The van der Waals surface area contributed by atoms with Crippen LogP contribution in [0.1, 0.15) is 37.8 Å². The first-order valence-corrected chi connectivity index (χ1v) is 8.70. The van der Waals surface area contributed by atoms with Gasteiger partial charge in [0.25, 0.3) is 5.69 Å². The van der Waals surface area contributed by atoms with E-state index in [0.29, 0.717) is 11.4 Å². The topological polar surface area (TPSA) is 82.5 Å². The SMILES string of the molecule is COc1ccc(-[n+]2noc([O-])c2CN(C(=O)C2CCC2)C2CC2)cc1. The summed E-state index contributed by atoms with van der Waals surface area (Å²) in [4.78, 5) is 14.6. The van der Waals surface area contributed by atoms with Gasteiger partial charge in [0.15, 0.2) is 5.95 Å². The highest BCUT2D eigenvalue weighted by molar-refractivity contribution is 5.80. The Hall–Kier alpha value is -2.57. The normalized spacial score (nSPS) is 17.2. The van der Waals surface area contributed by atoms with Crippen LogP contribution in [0, 0.1) is 5.92 Å². The average molecular weight is 343 g/mol. The van der Waals surface area contributed by atoms with E-state index in [1.165, 1.54) is 4.68 Å². The largest absolute Gasteiger partial charge is 0.539 e. The molecule has 1 amide bonds. The van der Waals surface area contributed by atoms with Crippen LogP contribution in [0.3, 0.4) is 0 Å². The monoisotopic (exact) mass is 343 g/mol. The van der Waals surface area contributed by atoms with E-state index in [-0.39, 0.29) is 24.4 Å². The Morgan fingerprint density at radius 1 is 1.32 bits per heavy atom. The van der Waals surface area contributed by atoms with E-state index in [2.05, 4.69) is 5.27 Å². The molecule has 2 aromatic rings. The van der Waals surface area contributed by atoms with Crippen LogP contribution in [0.25, 0.3) is 5.69 Å². The van der Waals surface area contributed by atoms with Crippen LogP contribution in [0.15, 0.2) is 28.8 Å². The zero-order chi connectivity index (χ0) is 17.4. The molecular weight excluding hydrogens is 322 g/mol. The summed E-state index contributed by atoms with van der Waals surface area (Å²) in [6, 6.07) is 7.44. The summed E-state index contributed by atoms with van der Waals surface area (Å²) < 4.78 is 11.5. The number of benzene rings is 1. The molecule has 0 unspecified atom stereocenters. The highest BCUT2D eigenvalue weighted by Crippen LogP contribution is 2.35. The maximum Gasteiger partial charge on any atom is 0.259 e. The van der Waals surface area contributed by atoms with Crippen molar-refractivity contribution in [1.29, 1.82) is 0 Å². The molecule has 2 saturated carbocycles. The molecule has 0 saturated heterocycles. The highest BCUT2D eigenvalue weighted by Gasteiger charge is 2.40. The number of amides is 1. The third kappa shape index (κ3) is 3.06. The quantitative estimate of drug-likeness (QED) is 0.739. The van der Waals surface area contributed by atoms with E-state index in [9.17, 15) is 9.90 Å². The van der Waals surface area contributed by atoms with Gasteiger partial charge in [0, 0.05) is 24.1 Å². The first kappa shape index (κ1) is 15.9. The van der Waals surface area contributed by atoms with Gasteiger partial charge < -0.3 is 19.3 Å². The number of hydrogen-bond donors (Lipinski definition) is 0. The van der Waals surface area contributed by atoms with Gasteiger partial charge in [-0.25, -0.2) is 0 Å². The lowest BCUT2D eigenvalue weighted by Crippen LogP contribution is -2.44. The van der Waals surface area contributed by atoms with Crippen LogP contribution in [0.5, 0.6) is 11.7 Å². The number of hydrogen-bond acceptors (Lipinski definition) is 5. The molecule has 7 nitrogen and oxygen atoms in total. The lowest BCUT2D eigenvalue weighted by atomic mass is 9.84. The van der Waals surface area contributed by atoms with Crippen LogP contribution < -0.4 is 14.5 Å². The Kier molecular flexibility index (Phi) is 4.07. The predicted octanol–water partition coefficient (Wildman–Crippen LogP) is 1.32.